The SMILES string of the molecule is COC1(OC)CCCc2c1ccc1c2c(-c2ccco2)cc2ccccc21. The highest BCUT2D eigenvalue weighted by Crippen LogP contribution is 2.45. The predicted molar refractivity (Wildman–Crippen MR) is 108 cm³/mol. The minimum absolute atomic E-state index is 0.673. The summed E-state index contributed by atoms with van der Waals surface area (Å²) in [6.45, 7) is 0. The Hall–Kier alpha value is -2.62. The van der Waals surface area contributed by atoms with Crippen molar-refractivity contribution in [1.82, 2.24) is 0 Å². The molecule has 0 aliphatic heterocycles. The molecule has 0 saturated heterocycles. The van der Waals surface area contributed by atoms with E-state index in [1.165, 1.54) is 27.1 Å². The van der Waals surface area contributed by atoms with Crippen molar-refractivity contribution in [2.24, 2.45) is 0 Å². The van der Waals surface area contributed by atoms with Gasteiger partial charge in [-0.3, -0.25) is 0 Å². The predicted octanol–water partition coefficient (Wildman–Crippen LogP) is 6.03. The fraction of sp³-hybridized carbons (Fsp3) is 0.250. The summed E-state index contributed by atoms with van der Waals surface area (Å²) in [7, 11) is 3.47. The maximum atomic E-state index is 5.88. The maximum Gasteiger partial charge on any atom is 0.194 e. The minimum atomic E-state index is -0.673. The molecule has 0 spiro atoms. The molecule has 0 unspecified atom stereocenters. The summed E-state index contributed by atoms with van der Waals surface area (Å²) >= 11 is 0. The number of aryl methyl sites for hydroxylation is 1. The quantitative estimate of drug-likeness (QED) is 0.331. The Kier molecular flexibility index (Phi) is 3.81. The van der Waals surface area contributed by atoms with Gasteiger partial charge in [-0.05, 0) is 58.1 Å². The average Bonchev–Trinajstić information content (AvgIpc) is 3.27. The van der Waals surface area contributed by atoms with Crippen molar-refractivity contribution in [2.45, 2.75) is 25.0 Å². The minimum Gasteiger partial charge on any atom is -0.464 e. The number of benzene rings is 3. The number of methoxy groups -OCH3 is 2. The molecule has 0 amide bonds. The molecule has 4 aromatic rings. The first-order valence-corrected chi connectivity index (χ1v) is 9.39. The van der Waals surface area contributed by atoms with Crippen LogP contribution >= 0.6 is 0 Å². The summed E-state index contributed by atoms with van der Waals surface area (Å²) in [4.78, 5) is 0. The molecule has 0 radical (unpaired) electrons. The van der Waals surface area contributed by atoms with Crippen molar-refractivity contribution < 1.29 is 13.9 Å². The van der Waals surface area contributed by atoms with Gasteiger partial charge in [0.15, 0.2) is 5.79 Å². The van der Waals surface area contributed by atoms with Crippen molar-refractivity contribution in [2.75, 3.05) is 14.2 Å². The summed E-state index contributed by atoms with van der Waals surface area (Å²) in [6, 6.07) is 19.2. The summed E-state index contributed by atoms with van der Waals surface area (Å²) < 4.78 is 17.6. The lowest BCUT2D eigenvalue weighted by atomic mass is 9.81. The molecule has 0 saturated carbocycles. The third kappa shape index (κ3) is 2.35. The van der Waals surface area contributed by atoms with Gasteiger partial charge in [-0.15, -0.1) is 0 Å². The number of hydrogen-bond donors (Lipinski definition) is 0. The maximum absolute atomic E-state index is 5.88. The van der Waals surface area contributed by atoms with Gasteiger partial charge in [0.1, 0.15) is 5.76 Å². The van der Waals surface area contributed by atoms with E-state index >= 15 is 0 Å². The van der Waals surface area contributed by atoms with Crippen molar-refractivity contribution in [1.29, 1.82) is 0 Å². The van der Waals surface area contributed by atoms with Crippen LogP contribution in [-0.4, -0.2) is 14.2 Å². The molecule has 136 valence electrons. The molecule has 3 aromatic carbocycles. The van der Waals surface area contributed by atoms with Crippen LogP contribution < -0.4 is 0 Å². The molecule has 3 heteroatoms. The fourth-order valence-corrected chi connectivity index (χ4v) is 4.66. The lowest BCUT2D eigenvalue weighted by Crippen LogP contribution is -2.35. The zero-order valence-electron chi connectivity index (χ0n) is 15.6. The summed E-state index contributed by atoms with van der Waals surface area (Å²) in [5.41, 5.74) is 3.57. The van der Waals surface area contributed by atoms with Gasteiger partial charge in [0.2, 0.25) is 0 Å². The number of hydrogen-bond acceptors (Lipinski definition) is 3. The monoisotopic (exact) mass is 358 g/mol. The molecule has 5 rings (SSSR count). The van der Waals surface area contributed by atoms with Gasteiger partial charge in [0, 0.05) is 31.8 Å². The fourth-order valence-electron chi connectivity index (χ4n) is 4.66. The van der Waals surface area contributed by atoms with Crippen LogP contribution in [0, 0.1) is 0 Å². The van der Waals surface area contributed by atoms with Gasteiger partial charge in [-0.2, -0.15) is 0 Å². The van der Waals surface area contributed by atoms with E-state index in [0.29, 0.717) is 0 Å². The first kappa shape index (κ1) is 16.5. The Morgan fingerprint density at radius 1 is 0.926 bits per heavy atom. The molecule has 1 heterocycles. The molecule has 0 bridgehead atoms. The highest BCUT2D eigenvalue weighted by molar-refractivity contribution is 6.14. The van der Waals surface area contributed by atoms with E-state index in [2.05, 4.69) is 42.5 Å². The van der Waals surface area contributed by atoms with Crippen LogP contribution in [-0.2, 0) is 21.7 Å². The molecule has 27 heavy (non-hydrogen) atoms. The largest absolute Gasteiger partial charge is 0.464 e. The van der Waals surface area contributed by atoms with Crippen molar-refractivity contribution >= 4 is 21.5 Å². The number of rotatable bonds is 3. The molecule has 3 nitrogen and oxygen atoms in total. The van der Waals surface area contributed by atoms with E-state index in [4.69, 9.17) is 13.9 Å². The summed E-state index contributed by atoms with van der Waals surface area (Å²) in [5.74, 6) is 0.221. The Bertz CT molecular complexity index is 1120. The average molecular weight is 358 g/mol. The Morgan fingerprint density at radius 3 is 2.56 bits per heavy atom. The second-order valence-corrected chi connectivity index (χ2v) is 7.15. The van der Waals surface area contributed by atoms with Gasteiger partial charge in [0.05, 0.1) is 6.26 Å². The summed E-state index contributed by atoms with van der Waals surface area (Å²) in [5, 5.41) is 4.98. The lowest BCUT2D eigenvalue weighted by Gasteiger charge is -2.37. The highest BCUT2D eigenvalue weighted by atomic mass is 16.7. The van der Waals surface area contributed by atoms with Crippen molar-refractivity contribution in [3.8, 4) is 11.3 Å². The smallest absolute Gasteiger partial charge is 0.194 e. The zero-order chi connectivity index (χ0) is 18.4. The topological polar surface area (TPSA) is 31.6 Å². The number of fused-ring (bicyclic) bond motifs is 5. The standard InChI is InChI=1S/C24H22O3/c1-25-24(26-2)13-5-9-19-21(24)12-11-18-17-8-4-3-7-16(17)15-20(23(18)19)22-10-6-14-27-22/h3-4,6-8,10-12,14-15H,5,9,13H2,1-2H3. The molecule has 1 aromatic heterocycles. The van der Waals surface area contributed by atoms with Gasteiger partial charge < -0.3 is 13.9 Å². The molecular formula is C24H22O3. The van der Waals surface area contributed by atoms with Gasteiger partial charge in [-0.25, -0.2) is 0 Å². The van der Waals surface area contributed by atoms with E-state index in [-0.39, 0.29) is 0 Å². The highest BCUT2D eigenvalue weighted by Gasteiger charge is 2.38. The second kappa shape index (κ2) is 6.22. The van der Waals surface area contributed by atoms with Crippen LogP contribution in [0.25, 0.3) is 32.9 Å². The first-order chi connectivity index (χ1) is 13.3. The van der Waals surface area contributed by atoms with E-state index < -0.39 is 5.79 Å². The van der Waals surface area contributed by atoms with Crippen molar-refractivity contribution in [3.05, 3.63) is 72.0 Å². The normalized spacial score (nSPS) is 15.9. The zero-order valence-corrected chi connectivity index (χ0v) is 15.6. The van der Waals surface area contributed by atoms with E-state index in [1.807, 2.05) is 12.1 Å². The molecule has 0 atom stereocenters. The Morgan fingerprint density at radius 2 is 1.78 bits per heavy atom. The van der Waals surface area contributed by atoms with Crippen molar-refractivity contribution in [3.63, 3.8) is 0 Å². The lowest BCUT2D eigenvalue weighted by molar-refractivity contribution is -0.224. The number of ether oxygens (including phenoxy) is 2. The molecular weight excluding hydrogens is 336 g/mol. The molecule has 1 aliphatic rings. The Balaban J connectivity index is 1.95. The van der Waals surface area contributed by atoms with E-state index in [1.54, 1.807) is 20.5 Å². The van der Waals surface area contributed by atoms with E-state index in [9.17, 15) is 0 Å². The van der Waals surface area contributed by atoms with Crippen LogP contribution in [0.15, 0.2) is 65.3 Å². The van der Waals surface area contributed by atoms with E-state index in [0.717, 1.165) is 36.1 Å². The molecule has 0 fully saturated rings. The molecule has 0 N–H and O–H groups in total. The summed E-state index contributed by atoms with van der Waals surface area (Å²) in [6.07, 6.45) is 4.63. The van der Waals surface area contributed by atoms with Crippen LogP contribution in [0.1, 0.15) is 24.0 Å². The Labute approximate surface area is 158 Å². The third-order valence-electron chi connectivity index (χ3n) is 5.92. The van der Waals surface area contributed by atoms with Gasteiger partial charge in [0.25, 0.3) is 0 Å². The van der Waals surface area contributed by atoms with Crippen LogP contribution in [0.5, 0.6) is 0 Å². The molecule has 1 aliphatic carbocycles. The van der Waals surface area contributed by atoms with Gasteiger partial charge in [-0.1, -0.05) is 36.4 Å². The third-order valence-corrected chi connectivity index (χ3v) is 5.92. The first-order valence-electron chi connectivity index (χ1n) is 9.39. The van der Waals surface area contributed by atoms with Gasteiger partial charge >= 0.3 is 0 Å². The second-order valence-electron chi connectivity index (χ2n) is 7.15. The van der Waals surface area contributed by atoms with Crippen LogP contribution in [0.4, 0.5) is 0 Å². The number of furan rings is 1. The van der Waals surface area contributed by atoms with Crippen LogP contribution in [0.3, 0.4) is 0 Å². The van der Waals surface area contributed by atoms with Crippen LogP contribution in [0.2, 0.25) is 0 Å².